The van der Waals surface area contributed by atoms with Crippen molar-refractivity contribution in [2.75, 3.05) is 13.2 Å². The molecule has 5 heteroatoms. The van der Waals surface area contributed by atoms with E-state index in [1.54, 1.807) is 17.8 Å². The standard InChI is InChI=1S/C17H20N2O2S/c1-4-20-13-10-15(19-18)17(21-5-2)16(11-13)22-14-8-6-12(3)7-9-14/h6-11,17H,4-5H2,1-3H3. The molecule has 0 spiro atoms. The molecular formula is C17H20N2O2S. The maximum Gasteiger partial charge on any atom is 0.329 e. The minimum Gasteiger partial charge on any atom is -0.494 e. The van der Waals surface area contributed by atoms with Gasteiger partial charge < -0.3 is 15.0 Å². The van der Waals surface area contributed by atoms with Crippen molar-refractivity contribution in [1.82, 2.24) is 0 Å². The average molecular weight is 316 g/mol. The van der Waals surface area contributed by atoms with Gasteiger partial charge in [0.2, 0.25) is 0 Å². The van der Waals surface area contributed by atoms with Crippen LogP contribution in [-0.2, 0) is 9.47 Å². The van der Waals surface area contributed by atoms with Crippen molar-refractivity contribution in [3.63, 3.8) is 0 Å². The lowest BCUT2D eigenvalue weighted by molar-refractivity contribution is -0.0225. The van der Waals surface area contributed by atoms with Crippen LogP contribution in [0.5, 0.6) is 0 Å². The number of allylic oxidation sites excluding steroid dienone is 1. The van der Waals surface area contributed by atoms with Crippen molar-refractivity contribution in [1.29, 1.82) is 0 Å². The van der Waals surface area contributed by atoms with Crippen LogP contribution in [0.2, 0.25) is 0 Å². The van der Waals surface area contributed by atoms with Gasteiger partial charge in [-0.1, -0.05) is 29.5 Å². The minimum absolute atomic E-state index is 0.370. The molecule has 1 aliphatic carbocycles. The van der Waals surface area contributed by atoms with Gasteiger partial charge >= 0.3 is 5.71 Å². The van der Waals surface area contributed by atoms with Crippen LogP contribution in [0.1, 0.15) is 19.4 Å². The van der Waals surface area contributed by atoms with Gasteiger partial charge in [-0.05, 0) is 39.0 Å². The van der Waals surface area contributed by atoms with E-state index in [4.69, 9.17) is 9.47 Å². The second-order valence-corrected chi connectivity index (χ2v) is 5.95. The van der Waals surface area contributed by atoms with E-state index < -0.39 is 0 Å². The highest BCUT2D eigenvalue weighted by Crippen LogP contribution is 2.34. The first-order valence-electron chi connectivity index (χ1n) is 7.32. The number of rotatable bonds is 6. The van der Waals surface area contributed by atoms with Crippen LogP contribution in [0, 0.1) is 6.92 Å². The normalized spacial score (nSPS) is 17.6. The lowest BCUT2D eigenvalue weighted by atomic mass is 10.1. The third-order valence-electron chi connectivity index (χ3n) is 3.12. The highest BCUT2D eigenvalue weighted by Gasteiger charge is 2.31. The predicted octanol–water partition coefficient (Wildman–Crippen LogP) is 3.98. The second kappa shape index (κ2) is 7.99. The van der Waals surface area contributed by atoms with Gasteiger partial charge in [0.05, 0.1) is 12.7 Å². The van der Waals surface area contributed by atoms with Crippen LogP contribution in [0.4, 0.5) is 0 Å². The van der Waals surface area contributed by atoms with Gasteiger partial charge in [0.15, 0.2) is 6.10 Å². The largest absolute Gasteiger partial charge is 0.494 e. The molecule has 0 heterocycles. The van der Waals surface area contributed by atoms with E-state index in [2.05, 4.69) is 36.0 Å². The van der Waals surface area contributed by atoms with Gasteiger partial charge in [-0.25, -0.2) is 0 Å². The van der Waals surface area contributed by atoms with Crippen molar-refractivity contribution in [3.8, 4) is 0 Å². The summed E-state index contributed by atoms with van der Waals surface area (Å²) in [5.74, 6) is 0.681. The SMILES string of the molecule is CCOC1=CC(=[N+]=[N-])C(OCC)C(Sc2ccc(C)cc2)=C1. The first-order chi connectivity index (χ1) is 10.7. The Morgan fingerprint density at radius 2 is 1.86 bits per heavy atom. The Bertz CT molecular complexity index is 629. The van der Waals surface area contributed by atoms with Gasteiger partial charge in [-0.2, -0.15) is 4.79 Å². The fourth-order valence-electron chi connectivity index (χ4n) is 2.12. The van der Waals surface area contributed by atoms with E-state index in [0.717, 1.165) is 9.80 Å². The number of hydrogen-bond donors (Lipinski definition) is 0. The number of benzene rings is 1. The van der Waals surface area contributed by atoms with Crippen LogP contribution in [0.15, 0.2) is 52.0 Å². The van der Waals surface area contributed by atoms with Crippen LogP contribution >= 0.6 is 11.8 Å². The summed E-state index contributed by atoms with van der Waals surface area (Å²) < 4.78 is 11.3. The Labute approximate surface area is 135 Å². The zero-order valence-electron chi connectivity index (χ0n) is 13.1. The molecule has 22 heavy (non-hydrogen) atoms. The lowest BCUT2D eigenvalue weighted by Crippen LogP contribution is -2.28. The molecule has 0 aromatic heterocycles. The first-order valence-corrected chi connectivity index (χ1v) is 8.13. The molecule has 0 saturated heterocycles. The maximum absolute atomic E-state index is 9.27. The van der Waals surface area contributed by atoms with Crippen molar-refractivity contribution >= 4 is 17.5 Å². The lowest BCUT2D eigenvalue weighted by Gasteiger charge is -2.20. The molecule has 0 radical (unpaired) electrons. The Balaban J connectivity index is 2.31. The van der Waals surface area contributed by atoms with Crippen LogP contribution < -0.4 is 0 Å². The second-order valence-electron chi connectivity index (χ2n) is 4.80. The molecule has 0 saturated carbocycles. The summed E-state index contributed by atoms with van der Waals surface area (Å²) in [5.41, 5.74) is 10.9. The topological polar surface area (TPSA) is 54.9 Å². The summed E-state index contributed by atoms with van der Waals surface area (Å²) in [6, 6.07) is 8.28. The molecule has 1 aliphatic rings. The molecule has 1 unspecified atom stereocenters. The van der Waals surface area contributed by atoms with Crippen LogP contribution in [0.3, 0.4) is 0 Å². The average Bonchev–Trinajstić information content (AvgIpc) is 2.52. The molecule has 4 nitrogen and oxygen atoms in total. The van der Waals surface area contributed by atoms with Gasteiger partial charge in [0.25, 0.3) is 0 Å². The Morgan fingerprint density at radius 1 is 1.14 bits per heavy atom. The fraction of sp³-hybridized carbons (Fsp3) is 0.353. The first kappa shape index (κ1) is 16.6. The van der Waals surface area contributed by atoms with Gasteiger partial charge in [-0.3, -0.25) is 0 Å². The van der Waals surface area contributed by atoms with Crippen LogP contribution in [0.25, 0.3) is 5.53 Å². The molecule has 0 aliphatic heterocycles. The smallest absolute Gasteiger partial charge is 0.329 e. The third-order valence-corrected chi connectivity index (χ3v) is 4.19. The molecule has 0 bridgehead atoms. The maximum atomic E-state index is 9.27. The van der Waals surface area contributed by atoms with Crippen molar-refractivity contribution in [2.45, 2.75) is 31.8 Å². The van der Waals surface area contributed by atoms with Crippen molar-refractivity contribution < 1.29 is 14.3 Å². The highest BCUT2D eigenvalue weighted by atomic mass is 32.2. The van der Waals surface area contributed by atoms with E-state index in [9.17, 15) is 5.53 Å². The Kier molecular flexibility index (Phi) is 6.01. The molecular weight excluding hydrogens is 296 g/mol. The molecule has 0 fully saturated rings. The van der Waals surface area contributed by atoms with Crippen molar-refractivity contribution in [2.24, 2.45) is 0 Å². The summed E-state index contributed by atoms with van der Waals surface area (Å²) in [5, 5.41) is 0. The Hall–Kier alpha value is -1.81. The zero-order valence-corrected chi connectivity index (χ0v) is 13.9. The summed E-state index contributed by atoms with van der Waals surface area (Å²) in [6.45, 7) is 7.00. The van der Waals surface area contributed by atoms with E-state index in [1.807, 2.05) is 19.9 Å². The summed E-state index contributed by atoms with van der Waals surface area (Å²) in [6.07, 6.45) is 3.29. The molecule has 0 N–H and O–H groups in total. The highest BCUT2D eigenvalue weighted by molar-refractivity contribution is 8.03. The van der Waals surface area contributed by atoms with E-state index >= 15 is 0 Å². The number of aryl methyl sites for hydroxylation is 1. The van der Waals surface area contributed by atoms with E-state index in [1.165, 1.54) is 5.56 Å². The molecule has 1 aromatic carbocycles. The van der Waals surface area contributed by atoms with E-state index in [0.29, 0.717) is 24.7 Å². The van der Waals surface area contributed by atoms with Gasteiger partial charge in [-0.15, -0.1) is 0 Å². The van der Waals surface area contributed by atoms with Crippen LogP contribution in [-0.4, -0.2) is 29.8 Å². The van der Waals surface area contributed by atoms with E-state index in [-0.39, 0.29) is 6.10 Å². The molecule has 2 rings (SSSR count). The number of hydrogen-bond acceptors (Lipinski definition) is 3. The summed E-state index contributed by atoms with van der Waals surface area (Å²) >= 11 is 1.59. The Morgan fingerprint density at radius 3 is 2.45 bits per heavy atom. The predicted molar refractivity (Wildman–Crippen MR) is 88.9 cm³/mol. The molecule has 116 valence electrons. The fourth-order valence-corrected chi connectivity index (χ4v) is 3.13. The number of nitrogens with zero attached hydrogens (tertiary/aromatic N) is 2. The van der Waals surface area contributed by atoms with Gasteiger partial charge in [0.1, 0.15) is 5.76 Å². The summed E-state index contributed by atoms with van der Waals surface area (Å²) in [4.78, 5) is 5.42. The molecule has 0 amide bonds. The van der Waals surface area contributed by atoms with Crippen molar-refractivity contribution in [3.05, 3.63) is 58.2 Å². The third kappa shape index (κ3) is 4.10. The quantitative estimate of drug-likeness (QED) is 0.589. The monoisotopic (exact) mass is 316 g/mol. The molecule has 1 atom stereocenters. The van der Waals surface area contributed by atoms with Gasteiger partial charge in [0, 0.05) is 16.4 Å². The summed E-state index contributed by atoms with van der Waals surface area (Å²) in [7, 11) is 0. The number of thioether (sulfide) groups is 1. The minimum atomic E-state index is -0.370. The number of ether oxygens (including phenoxy) is 2. The molecule has 1 aromatic rings. The zero-order chi connectivity index (χ0) is 15.9.